The maximum Gasteiger partial charge on any atom is 0.227 e. The number of carbonyl (C=O) groups is 1. The second-order valence-electron chi connectivity index (χ2n) is 7.28. The van der Waals surface area contributed by atoms with Crippen molar-refractivity contribution in [2.24, 2.45) is 5.92 Å². The van der Waals surface area contributed by atoms with Gasteiger partial charge in [-0.3, -0.25) is 4.79 Å². The molecule has 4 rings (SSSR count). The van der Waals surface area contributed by atoms with Gasteiger partial charge in [0.2, 0.25) is 5.91 Å². The van der Waals surface area contributed by atoms with Crippen LogP contribution in [0.25, 0.3) is 0 Å². The molecule has 5 nitrogen and oxygen atoms in total. The Hall–Kier alpha value is -2.43. The summed E-state index contributed by atoms with van der Waals surface area (Å²) < 4.78 is 0. The number of hydrogen-bond acceptors (Lipinski definition) is 4. The van der Waals surface area contributed by atoms with Crippen molar-refractivity contribution in [2.45, 2.75) is 39.2 Å². The second-order valence-corrected chi connectivity index (χ2v) is 7.28. The lowest BCUT2D eigenvalue weighted by Crippen LogP contribution is -2.46. The molecule has 1 atom stereocenters. The fraction of sp³-hybridized carbons (Fsp3) is 0.476. The number of benzene rings is 1. The number of rotatable bonds is 3. The lowest BCUT2D eigenvalue weighted by Gasteiger charge is -2.37. The van der Waals surface area contributed by atoms with Crippen LogP contribution < -0.4 is 4.90 Å². The van der Waals surface area contributed by atoms with E-state index in [1.165, 1.54) is 11.1 Å². The van der Waals surface area contributed by atoms with Crippen LogP contribution in [-0.2, 0) is 24.2 Å². The first kappa shape index (κ1) is 17.0. The van der Waals surface area contributed by atoms with Crippen LogP contribution in [0.2, 0.25) is 0 Å². The number of piperidine rings is 1. The summed E-state index contributed by atoms with van der Waals surface area (Å²) in [5.41, 5.74) is 3.73. The molecule has 136 valence electrons. The smallest absolute Gasteiger partial charge is 0.227 e. The van der Waals surface area contributed by atoms with Crippen LogP contribution in [0.1, 0.15) is 36.6 Å². The zero-order valence-electron chi connectivity index (χ0n) is 15.4. The summed E-state index contributed by atoms with van der Waals surface area (Å²) in [7, 11) is 0. The summed E-state index contributed by atoms with van der Waals surface area (Å²) in [6.07, 6.45) is 5.51. The first-order chi connectivity index (χ1) is 12.7. The quantitative estimate of drug-likeness (QED) is 0.854. The molecule has 1 aromatic heterocycles. The summed E-state index contributed by atoms with van der Waals surface area (Å²) in [4.78, 5) is 26.2. The molecule has 2 aromatic rings. The number of aryl methyl sites for hydroxylation is 1. The van der Waals surface area contributed by atoms with Gasteiger partial charge in [0.25, 0.3) is 0 Å². The van der Waals surface area contributed by atoms with Crippen LogP contribution in [0.15, 0.2) is 36.7 Å². The second kappa shape index (κ2) is 7.44. The molecule has 26 heavy (non-hydrogen) atoms. The molecule has 1 unspecified atom stereocenters. The van der Waals surface area contributed by atoms with E-state index in [0.717, 1.165) is 63.4 Å². The largest absolute Gasteiger partial charge is 0.356 e. The minimum Gasteiger partial charge on any atom is -0.356 e. The fourth-order valence-electron chi connectivity index (χ4n) is 4.08. The highest BCUT2D eigenvalue weighted by atomic mass is 16.2. The Labute approximate surface area is 155 Å². The highest BCUT2D eigenvalue weighted by Gasteiger charge is 2.31. The molecule has 0 radical (unpaired) electrons. The van der Waals surface area contributed by atoms with Crippen molar-refractivity contribution >= 4 is 11.7 Å². The molecule has 0 N–H and O–H groups in total. The first-order valence-corrected chi connectivity index (χ1v) is 9.66. The van der Waals surface area contributed by atoms with E-state index in [-0.39, 0.29) is 5.92 Å². The molecule has 0 bridgehead atoms. The average Bonchev–Trinajstić information content (AvgIpc) is 2.73. The van der Waals surface area contributed by atoms with Crippen molar-refractivity contribution in [1.82, 2.24) is 14.9 Å². The van der Waals surface area contributed by atoms with Gasteiger partial charge in [-0.25, -0.2) is 9.97 Å². The minimum atomic E-state index is 0.0639. The SMILES string of the molecule is CCc1cc(N2CCCC(C(=O)N3CCc4ccccc4C3)C2)ncn1. The normalized spacial score (nSPS) is 20.0. The van der Waals surface area contributed by atoms with E-state index >= 15 is 0 Å². The monoisotopic (exact) mass is 350 g/mol. The van der Waals surface area contributed by atoms with E-state index in [0.29, 0.717) is 5.91 Å². The molecule has 0 spiro atoms. The van der Waals surface area contributed by atoms with Gasteiger partial charge < -0.3 is 9.80 Å². The lowest BCUT2D eigenvalue weighted by atomic mass is 9.94. The number of hydrogen-bond donors (Lipinski definition) is 0. The maximum atomic E-state index is 13.1. The third-order valence-corrected chi connectivity index (χ3v) is 5.61. The molecule has 0 saturated carbocycles. The Morgan fingerprint density at radius 3 is 2.88 bits per heavy atom. The van der Waals surface area contributed by atoms with E-state index in [4.69, 9.17) is 0 Å². The molecular formula is C21H26N4O. The molecule has 0 aliphatic carbocycles. The minimum absolute atomic E-state index is 0.0639. The van der Waals surface area contributed by atoms with E-state index in [9.17, 15) is 4.79 Å². The summed E-state index contributed by atoms with van der Waals surface area (Å²) >= 11 is 0. The summed E-state index contributed by atoms with van der Waals surface area (Å²) in [6, 6.07) is 10.5. The number of nitrogens with zero attached hydrogens (tertiary/aromatic N) is 4. The molecule has 2 aliphatic heterocycles. The summed E-state index contributed by atoms with van der Waals surface area (Å²) in [6.45, 7) is 5.41. The van der Waals surface area contributed by atoms with Gasteiger partial charge in [0.15, 0.2) is 0 Å². The average molecular weight is 350 g/mol. The fourth-order valence-corrected chi connectivity index (χ4v) is 4.08. The van der Waals surface area contributed by atoms with Gasteiger partial charge in [-0.05, 0) is 36.8 Å². The van der Waals surface area contributed by atoms with Crippen molar-refractivity contribution < 1.29 is 4.79 Å². The molecule has 1 aromatic carbocycles. The van der Waals surface area contributed by atoms with Gasteiger partial charge in [0.05, 0.1) is 5.92 Å². The van der Waals surface area contributed by atoms with Crippen molar-refractivity contribution in [3.8, 4) is 0 Å². The summed E-state index contributed by atoms with van der Waals surface area (Å²) in [5, 5.41) is 0. The maximum absolute atomic E-state index is 13.1. The predicted molar refractivity (Wildman–Crippen MR) is 102 cm³/mol. The standard InChI is InChI=1S/C21H26N4O/c1-2-19-12-20(23-15-22-19)24-10-5-8-18(14-24)21(26)25-11-9-16-6-3-4-7-17(16)13-25/h3-4,6-7,12,15,18H,2,5,8-11,13-14H2,1H3. The molecule has 2 aliphatic rings. The van der Waals surface area contributed by atoms with Gasteiger partial charge in [-0.15, -0.1) is 0 Å². The third-order valence-electron chi connectivity index (χ3n) is 5.61. The van der Waals surface area contributed by atoms with Crippen molar-refractivity contribution in [2.75, 3.05) is 24.5 Å². The number of anilines is 1. The Bertz CT molecular complexity index is 791. The number of carbonyl (C=O) groups excluding carboxylic acids is 1. The Kier molecular flexibility index (Phi) is 4.87. The Balaban J connectivity index is 1.45. The molecular weight excluding hydrogens is 324 g/mol. The summed E-state index contributed by atoms with van der Waals surface area (Å²) in [5.74, 6) is 1.32. The van der Waals surface area contributed by atoms with Crippen LogP contribution in [0, 0.1) is 5.92 Å². The first-order valence-electron chi connectivity index (χ1n) is 9.66. The van der Waals surface area contributed by atoms with Gasteiger partial charge in [-0.2, -0.15) is 0 Å². The number of aromatic nitrogens is 2. The van der Waals surface area contributed by atoms with E-state index in [2.05, 4.69) is 52.1 Å². The van der Waals surface area contributed by atoms with Crippen molar-refractivity contribution in [3.05, 3.63) is 53.5 Å². The predicted octanol–water partition coefficient (Wildman–Crippen LogP) is 2.84. The Morgan fingerprint density at radius 2 is 2.04 bits per heavy atom. The zero-order chi connectivity index (χ0) is 17.9. The van der Waals surface area contributed by atoms with Crippen LogP contribution in [-0.4, -0.2) is 40.4 Å². The van der Waals surface area contributed by atoms with Crippen molar-refractivity contribution in [3.63, 3.8) is 0 Å². The van der Waals surface area contributed by atoms with E-state index in [1.807, 2.05) is 4.90 Å². The molecule has 5 heteroatoms. The topological polar surface area (TPSA) is 49.3 Å². The van der Waals surface area contributed by atoms with Gasteiger partial charge in [0, 0.05) is 37.9 Å². The van der Waals surface area contributed by atoms with Crippen molar-refractivity contribution in [1.29, 1.82) is 0 Å². The van der Waals surface area contributed by atoms with Gasteiger partial charge in [0.1, 0.15) is 12.1 Å². The molecule has 3 heterocycles. The number of amides is 1. The van der Waals surface area contributed by atoms with Crippen LogP contribution >= 0.6 is 0 Å². The zero-order valence-corrected chi connectivity index (χ0v) is 15.4. The van der Waals surface area contributed by atoms with E-state index in [1.54, 1.807) is 6.33 Å². The third kappa shape index (κ3) is 3.43. The lowest BCUT2D eigenvalue weighted by molar-refractivity contribution is -0.136. The van der Waals surface area contributed by atoms with Gasteiger partial charge >= 0.3 is 0 Å². The molecule has 1 fully saturated rings. The molecule has 1 saturated heterocycles. The van der Waals surface area contributed by atoms with Crippen LogP contribution in [0.3, 0.4) is 0 Å². The van der Waals surface area contributed by atoms with E-state index < -0.39 is 0 Å². The highest BCUT2D eigenvalue weighted by molar-refractivity contribution is 5.80. The Morgan fingerprint density at radius 1 is 1.19 bits per heavy atom. The van der Waals surface area contributed by atoms with Gasteiger partial charge in [-0.1, -0.05) is 31.2 Å². The molecule has 1 amide bonds. The highest BCUT2D eigenvalue weighted by Crippen LogP contribution is 2.26. The number of fused-ring (bicyclic) bond motifs is 1. The van der Waals surface area contributed by atoms with Crippen LogP contribution in [0.5, 0.6) is 0 Å². The van der Waals surface area contributed by atoms with Crippen LogP contribution in [0.4, 0.5) is 5.82 Å².